The van der Waals surface area contributed by atoms with E-state index in [0.29, 0.717) is 22.7 Å². The van der Waals surface area contributed by atoms with Crippen LogP contribution in [0.15, 0.2) is 83.7 Å². The number of carbonyl (C=O) groups excluding carboxylic acids is 1. The number of aromatic nitrogens is 2. The van der Waals surface area contributed by atoms with Crippen LogP contribution in [-0.4, -0.2) is 15.3 Å². The molecule has 1 atom stereocenters. The minimum absolute atomic E-state index is 0.0122. The second-order valence-corrected chi connectivity index (χ2v) is 7.79. The van der Waals surface area contributed by atoms with Crippen molar-refractivity contribution in [2.45, 2.75) is 18.8 Å². The lowest BCUT2D eigenvalue weighted by atomic mass is 9.88. The van der Waals surface area contributed by atoms with Gasteiger partial charge in [0.05, 0.1) is 11.0 Å². The quantitative estimate of drug-likeness (QED) is 0.406. The summed E-state index contributed by atoms with van der Waals surface area (Å²) in [5.74, 6) is -0.145. The minimum atomic E-state index is -0.157. The molecule has 4 rings (SSSR count). The zero-order valence-corrected chi connectivity index (χ0v) is 17.3. The first-order valence-corrected chi connectivity index (χ1v) is 10.2. The molecule has 0 radical (unpaired) electrons. The predicted molar refractivity (Wildman–Crippen MR) is 120 cm³/mol. The summed E-state index contributed by atoms with van der Waals surface area (Å²) in [7, 11) is 1.76. The van der Waals surface area contributed by atoms with E-state index < -0.39 is 0 Å². The Labute approximate surface area is 179 Å². The number of rotatable bonds is 6. The number of benzene rings is 3. The summed E-state index contributed by atoms with van der Waals surface area (Å²) < 4.78 is 1.63. The molecule has 0 aliphatic heterocycles. The van der Waals surface area contributed by atoms with Crippen molar-refractivity contribution < 1.29 is 4.79 Å². The standard InChI is InChI=1S/C25H21ClN2O2/c1-28-23-10-6-5-9-21(23)27-22(25(28)30)15-19(17-7-3-2-4-8-17)16-24(29)18-11-13-20(26)14-12-18/h2-14,19H,15-16H2,1H3. The number of ketones is 1. The number of hydrogen-bond acceptors (Lipinski definition) is 3. The maximum Gasteiger partial charge on any atom is 0.272 e. The van der Waals surface area contributed by atoms with Gasteiger partial charge < -0.3 is 4.57 Å². The smallest absolute Gasteiger partial charge is 0.272 e. The fourth-order valence-electron chi connectivity index (χ4n) is 3.72. The molecule has 0 N–H and O–H groups in total. The zero-order chi connectivity index (χ0) is 21.1. The highest BCUT2D eigenvalue weighted by molar-refractivity contribution is 6.30. The average Bonchev–Trinajstić information content (AvgIpc) is 2.77. The largest absolute Gasteiger partial charge is 0.308 e. The van der Waals surface area contributed by atoms with Gasteiger partial charge in [-0.15, -0.1) is 0 Å². The van der Waals surface area contributed by atoms with E-state index in [1.165, 1.54) is 0 Å². The maximum atomic E-state index is 12.9. The summed E-state index contributed by atoms with van der Waals surface area (Å²) in [4.78, 5) is 30.5. The van der Waals surface area contributed by atoms with Crippen molar-refractivity contribution in [3.8, 4) is 0 Å². The van der Waals surface area contributed by atoms with Crippen molar-refractivity contribution in [3.63, 3.8) is 0 Å². The molecule has 0 spiro atoms. The average molecular weight is 417 g/mol. The molecule has 0 aliphatic carbocycles. The molecule has 0 bridgehead atoms. The number of fused-ring (bicyclic) bond motifs is 1. The molecule has 0 amide bonds. The summed E-state index contributed by atoms with van der Waals surface area (Å²) in [6.07, 6.45) is 0.671. The maximum absolute atomic E-state index is 12.9. The summed E-state index contributed by atoms with van der Waals surface area (Å²) in [6.45, 7) is 0. The normalized spacial score (nSPS) is 12.1. The van der Waals surface area contributed by atoms with Gasteiger partial charge >= 0.3 is 0 Å². The van der Waals surface area contributed by atoms with Crippen LogP contribution in [0.3, 0.4) is 0 Å². The third-order valence-electron chi connectivity index (χ3n) is 5.36. The number of halogens is 1. The van der Waals surface area contributed by atoms with Gasteiger partial charge in [0.2, 0.25) is 0 Å². The number of para-hydroxylation sites is 2. The van der Waals surface area contributed by atoms with Crippen LogP contribution < -0.4 is 5.56 Å². The number of nitrogens with zero attached hydrogens (tertiary/aromatic N) is 2. The molecule has 0 fully saturated rings. The molecule has 150 valence electrons. The Morgan fingerprint density at radius 3 is 2.37 bits per heavy atom. The number of aryl methyl sites for hydroxylation is 1. The number of Topliss-reactive ketones (excluding diaryl/α,β-unsaturated/α-hetero) is 1. The van der Waals surface area contributed by atoms with E-state index in [9.17, 15) is 9.59 Å². The van der Waals surface area contributed by atoms with E-state index in [1.807, 2.05) is 54.6 Å². The number of hydrogen-bond donors (Lipinski definition) is 0. The topological polar surface area (TPSA) is 52.0 Å². The third kappa shape index (κ3) is 4.19. The third-order valence-corrected chi connectivity index (χ3v) is 5.61. The Hall–Kier alpha value is -3.24. The first-order valence-electron chi connectivity index (χ1n) is 9.81. The molecule has 0 aliphatic rings. The Morgan fingerprint density at radius 1 is 0.967 bits per heavy atom. The van der Waals surface area contributed by atoms with Crippen molar-refractivity contribution in [1.29, 1.82) is 0 Å². The summed E-state index contributed by atoms with van der Waals surface area (Å²) >= 11 is 5.95. The van der Waals surface area contributed by atoms with Gasteiger partial charge in [-0.3, -0.25) is 9.59 Å². The van der Waals surface area contributed by atoms with Gasteiger partial charge in [0.15, 0.2) is 5.78 Å². The lowest BCUT2D eigenvalue weighted by Gasteiger charge is -2.17. The van der Waals surface area contributed by atoms with Gasteiger partial charge in [0, 0.05) is 30.5 Å². The zero-order valence-electron chi connectivity index (χ0n) is 16.6. The van der Waals surface area contributed by atoms with Crippen molar-refractivity contribution in [2.24, 2.45) is 7.05 Å². The van der Waals surface area contributed by atoms with Gasteiger partial charge in [-0.25, -0.2) is 4.98 Å². The van der Waals surface area contributed by atoms with Crippen LogP contribution in [0.4, 0.5) is 0 Å². The molecule has 1 aromatic heterocycles. The van der Waals surface area contributed by atoms with Crippen molar-refractivity contribution in [2.75, 3.05) is 0 Å². The molecular formula is C25H21ClN2O2. The van der Waals surface area contributed by atoms with Crippen LogP contribution in [0, 0.1) is 0 Å². The fraction of sp³-hybridized carbons (Fsp3) is 0.160. The monoisotopic (exact) mass is 416 g/mol. The van der Waals surface area contributed by atoms with Crippen LogP contribution in [-0.2, 0) is 13.5 Å². The summed E-state index contributed by atoms with van der Waals surface area (Å²) in [5.41, 5.74) is 3.52. The van der Waals surface area contributed by atoms with E-state index in [0.717, 1.165) is 16.6 Å². The first-order chi connectivity index (χ1) is 14.5. The highest BCUT2D eigenvalue weighted by Crippen LogP contribution is 2.26. The van der Waals surface area contributed by atoms with Crippen LogP contribution in [0.25, 0.3) is 11.0 Å². The molecule has 5 heteroatoms. The Kier molecular flexibility index (Phi) is 5.77. The highest BCUT2D eigenvalue weighted by atomic mass is 35.5. The Morgan fingerprint density at radius 2 is 1.63 bits per heavy atom. The van der Waals surface area contributed by atoms with E-state index in [2.05, 4.69) is 4.98 Å². The minimum Gasteiger partial charge on any atom is -0.308 e. The molecule has 3 aromatic carbocycles. The van der Waals surface area contributed by atoms with E-state index in [1.54, 1.807) is 35.9 Å². The van der Waals surface area contributed by atoms with Gasteiger partial charge in [-0.2, -0.15) is 0 Å². The molecule has 30 heavy (non-hydrogen) atoms. The fourth-order valence-corrected chi connectivity index (χ4v) is 3.84. The van der Waals surface area contributed by atoms with Crippen LogP contribution in [0.2, 0.25) is 5.02 Å². The molecular weight excluding hydrogens is 396 g/mol. The van der Waals surface area contributed by atoms with E-state index >= 15 is 0 Å². The predicted octanol–water partition coefficient (Wildman–Crippen LogP) is 5.19. The second kappa shape index (κ2) is 8.64. The van der Waals surface area contributed by atoms with Crippen LogP contribution in [0.5, 0.6) is 0 Å². The molecule has 4 aromatic rings. The van der Waals surface area contributed by atoms with E-state index in [-0.39, 0.29) is 23.7 Å². The first kappa shape index (κ1) is 20.0. The molecule has 0 saturated carbocycles. The van der Waals surface area contributed by atoms with Crippen LogP contribution >= 0.6 is 11.6 Å². The van der Waals surface area contributed by atoms with Crippen molar-refractivity contribution in [3.05, 3.63) is 111 Å². The van der Waals surface area contributed by atoms with Crippen LogP contribution in [0.1, 0.15) is 34.0 Å². The Bertz CT molecular complexity index is 1250. The lowest BCUT2D eigenvalue weighted by Crippen LogP contribution is -2.25. The molecule has 4 nitrogen and oxygen atoms in total. The van der Waals surface area contributed by atoms with Crippen molar-refractivity contribution >= 4 is 28.4 Å². The van der Waals surface area contributed by atoms with Crippen molar-refractivity contribution in [1.82, 2.24) is 9.55 Å². The summed E-state index contributed by atoms with van der Waals surface area (Å²) in [6, 6.07) is 24.3. The van der Waals surface area contributed by atoms with Gasteiger partial charge in [-0.1, -0.05) is 54.1 Å². The Balaban J connectivity index is 1.70. The van der Waals surface area contributed by atoms with Gasteiger partial charge in [0.1, 0.15) is 5.69 Å². The second-order valence-electron chi connectivity index (χ2n) is 7.36. The van der Waals surface area contributed by atoms with Gasteiger partial charge in [-0.05, 0) is 47.9 Å². The summed E-state index contributed by atoms with van der Waals surface area (Å²) in [5, 5.41) is 0.593. The molecule has 1 unspecified atom stereocenters. The lowest BCUT2D eigenvalue weighted by molar-refractivity contribution is 0.0973. The molecule has 0 saturated heterocycles. The number of carbonyl (C=O) groups is 1. The van der Waals surface area contributed by atoms with E-state index in [4.69, 9.17) is 11.6 Å². The highest BCUT2D eigenvalue weighted by Gasteiger charge is 2.21. The van der Waals surface area contributed by atoms with Gasteiger partial charge in [0.25, 0.3) is 5.56 Å². The SMILES string of the molecule is Cn1c(=O)c(CC(CC(=O)c2ccc(Cl)cc2)c2ccccc2)nc2ccccc21. The molecule has 1 heterocycles.